The van der Waals surface area contributed by atoms with Crippen LogP contribution in [0.2, 0.25) is 0 Å². The highest BCUT2D eigenvalue weighted by molar-refractivity contribution is 5.85. The molecule has 0 saturated heterocycles. The molecule has 0 aromatic heterocycles. The maximum atomic E-state index is 12.2. The second-order valence-corrected chi connectivity index (χ2v) is 6.53. The van der Waals surface area contributed by atoms with E-state index in [9.17, 15) is 14.7 Å². The molecule has 0 bridgehead atoms. The molecule has 0 aromatic carbocycles. The molecule has 3 unspecified atom stereocenters. The molecule has 2 aliphatic carbocycles. The summed E-state index contributed by atoms with van der Waals surface area (Å²) in [7, 11) is 0. The van der Waals surface area contributed by atoms with Gasteiger partial charge in [-0.2, -0.15) is 0 Å². The Hall–Kier alpha value is -1.06. The van der Waals surface area contributed by atoms with Crippen molar-refractivity contribution in [3.8, 4) is 0 Å². The van der Waals surface area contributed by atoms with E-state index in [1.165, 1.54) is 25.7 Å². The number of hydrogen-bond donors (Lipinski definition) is 2. The van der Waals surface area contributed by atoms with Crippen LogP contribution < -0.4 is 5.32 Å². The predicted octanol–water partition coefficient (Wildman–Crippen LogP) is 2.82. The zero-order valence-electron chi connectivity index (χ0n) is 12.4. The van der Waals surface area contributed by atoms with Crippen molar-refractivity contribution < 1.29 is 14.7 Å². The van der Waals surface area contributed by atoms with Gasteiger partial charge in [0.05, 0.1) is 11.8 Å². The number of hydrogen-bond acceptors (Lipinski definition) is 2. The minimum atomic E-state index is -0.808. The summed E-state index contributed by atoms with van der Waals surface area (Å²) in [6, 6.07) is 0. The van der Waals surface area contributed by atoms with Crippen molar-refractivity contribution in [1.29, 1.82) is 0 Å². The fourth-order valence-electron chi connectivity index (χ4n) is 3.87. The summed E-state index contributed by atoms with van der Waals surface area (Å²) in [5, 5.41) is 12.2. The molecule has 3 atom stereocenters. The van der Waals surface area contributed by atoms with Gasteiger partial charge < -0.3 is 10.4 Å². The van der Waals surface area contributed by atoms with Crippen LogP contribution in [-0.2, 0) is 9.59 Å². The molecule has 2 saturated carbocycles. The Labute approximate surface area is 121 Å². The van der Waals surface area contributed by atoms with Crippen LogP contribution in [-0.4, -0.2) is 23.5 Å². The van der Waals surface area contributed by atoms with Crippen molar-refractivity contribution in [3.05, 3.63) is 0 Å². The van der Waals surface area contributed by atoms with Crippen LogP contribution in [0.1, 0.15) is 58.3 Å². The summed E-state index contributed by atoms with van der Waals surface area (Å²) in [6.07, 6.45) is 8.63. The van der Waals surface area contributed by atoms with Gasteiger partial charge in [-0.3, -0.25) is 9.59 Å². The Kier molecular flexibility index (Phi) is 5.44. The molecule has 0 aliphatic heterocycles. The third-order valence-corrected chi connectivity index (χ3v) is 5.22. The predicted molar refractivity (Wildman–Crippen MR) is 77.2 cm³/mol. The fraction of sp³-hybridized carbons (Fsp3) is 0.875. The van der Waals surface area contributed by atoms with Gasteiger partial charge >= 0.3 is 5.97 Å². The smallest absolute Gasteiger partial charge is 0.307 e. The minimum absolute atomic E-state index is 0.0358. The largest absolute Gasteiger partial charge is 0.481 e. The first kappa shape index (κ1) is 15.3. The van der Waals surface area contributed by atoms with E-state index in [0.29, 0.717) is 18.9 Å². The van der Waals surface area contributed by atoms with Gasteiger partial charge in [-0.1, -0.05) is 39.0 Å². The van der Waals surface area contributed by atoms with E-state index in [2.05, 4.69) is 12.2 Å². The molecule has 0 spiro atoms. The standard InChI is InChI=1S/C16H27NO3/c1-2-11-9-13(14(10-11)16(19)20)15(18)17-8-7-12-5-3-4-6-12/h11-14H,2-10H2,1H3,(H,17,18)(H,19,20). The number of carboxylic acids is 1. The Morgan fingerprint density at radius 3 is 2.35 bits per heavy atom. The first-order valence-electron chi connectivity index (χ1n) is 8.12. The van der Waals surface area contributed by atoms with Gasteiger partial charge in [-0.15, -0.1) is 0 Å². The molecule has 2 rings (SSSR count). The summed E-state index contributed by atoms with van der Waals surface area (Å²) in [4.78, 5) is 23.5. The lowest BCUT2D eigenvalue weighted by Crippen LogP contribution is -2.36. The Morgan fingerprint density at radius 2 is 1.75 bits per heavy atom. The molecule has 1 amide bonds. The fourth-order valence-corrected chi connectivity index (χ4v) is 3.87. The molecule has 4 nitrogen and oxygen atoms in total. The first-order chi connectivity index (χ1) is 9.61. The van der Waals surface area contributed by atoms with Crippen molar-refractivity contribution in [1.82, 2.24) is 5.32 Å². The number of aliphatic carboxylic acids is 1. The number of carbonyl (C=O) groups is 2. The molecular weight excluding hydrogens is 254 g/mol. The molecule has 2 aliphatic rings. The topological polar surface area (TPSA) is 66.4 Å². The third kappa shape index (κ3) is 3.74. The van der Waals surface area contributed by atoms with E-state index in [4.69, 9.17) is 0 Å². The van der Waals surface area contributed by atoms with Gasteiger partial charge in [-0.25, -0.2) is 0 Å². The number of carboxylic acid groups (broad SMARTS) is 1. The lowest BCUT2D eigenvalue weighted by molar-refractivity contribution is -0.146. The summed E-state index contributed by atoms with van der Waals surface area (Å²) < 4.78 is 0. The lowest BCUT2D eigenvalue weighted by atomic mass is 9.95. The van der Waals surface area contributed by atoms with E-state index in [1.807, 2.05) is 0 Å². The molecule has 114 valence electrons. The quantitative estimate of drug-likeness (QED) is 0.786. The molecule has 2 fully saturated rings. The second kappa shape index (κ2) is 7.09. The van der Waals surface area contributed by atoms with Crippen LogP contribution in [0.3, 0.4) is 0 Å². The van der Waals surface area contributed by atoms with Gasteiger partial charge in [0.1, 0.15) is 0 Å². The average Bonchev–Trinajstić information content (AvgIpc) is 3.07. The van der Waals surface area contributed by atoms with Gasteiger partial charge in [0, 0.05) is 6.54 Å². The van der Waals surface area contributed by atoms with Crippen LogP contribution >= 0.6 is 0 Å². The van der Waals surface area contributed by atoms with E-state index < -0.39 is 11.9 Å². The van der Waals surface area contributed by atoms with Crippen molar-refractivity contribution >= 4 is 11.9 Å². The zero-order chi connectivity index (χ0) is 14.5. The second-order valence-electron chi connectivity index (χ2n) is 6.53. The lowest BCUT2D eigenvalue weighted by Gasteiger charge is -2.16. The highest BCUT2D eigenvalue weighted by Crippen LogP contribution is 2.38. The van der Waals surface area contributed by atoms with Gasteiger partial charge in [-0.05, 0) is 31.1 Å². The maximum Gasteiger partial charge on any atom is 0.307 e. The van der Waals surface area contributed by atoms with Gasteiger partial charge in [0.25, 0.3) is 0 Å². The molecular formula is C16H27NO3. The number of amides is 1. The summed E-state index contributed by atoms with van der Waals surface area (Å²) >= 11 is 0. The van der Waals surface area contributed by atoms with Crippen LogP contribution in [0, 0.1) is 23.7 Å². The average molecular weight is 281 g/mol. The number of rotatable bonds is 6. The van der Waals surface area contributed by atoms with Crippen LogP contribution in [0.15, 0.2) is 0 Å². The molecule has 0 aromatic rings. The number of carbonyl (C=O) groups excluding carboxylic acids is 1. The summed E-state index contributed by atoms with van der Waals surface area (Å²) in [6.45, 7) is 2.78. The number of nitrogens with one attached hydrogen (secondary N) is 1. The first-order valence-corrected chi connectivity index (χ1v) is 8.12. The normalized spacial score (nSPS) is 30.6. The zero-order valence-corrected chi connectivity index (χ0v) is 12.4. The van der Waals surface area contributed by atoms with E-state index in [-0.39, 0.29) is 11.8 Å². The van der Waals surface area contributed by atoms with E-state index in [0.717, 1.165) is 25.2 Å². The Morgan fingerprint density at radius 1 is 1.10 bits per heavy atom. The Balaban J connectivity index is 1.79. The SMILES string of the molecule is CCC1CC(C(=O)O)C(C(=O)NCCC2CCCC2)C1. The van der Waals surface area contributed by atoms with Crippen LogP contribution in [0.5, 0.6) is 0 Å². The van der Waals surface area contributed by atoms with E-state index >= 15 is 0 Å². The van der Waals surface area contributed by atoms with Gasteiger partial charge in [0.2, 0.25) is 5.91 Å². The minimum Gasteiger partial charge on any atom is -0.481 e. The summed E-state index contributed by atoms with van der Waals surface area (Å²) in [5.41, 5.74) is 0. The van der Waals surface area contributed by atoms with Crippen molar-refractivity contribution in [2.45, 2.75) is 58.3 Å². The molecule has 0 radical (unpaired) electrons. The summed E-state index contributed by atoms with van der Waals surface area (Å²) in [5.74, 6) is -0.491. The van der Waals surface area contributed by atoms with Crippen molar-refractivity contribution in [3.63, 3.8) is 0 Å². The van der Waals surface area contributed by atoms with Crippen LogP contribution in [0.4, 0.5) is 0 Å². The molecule has 20 heavy (non-hydrogen) atoms. The molecule has 2 N–H and O–H groups in total. The van der Waals surface area contributed by atoms with Crippen molar-refractivity contribution in [2.75, 3.05) is 6.54 Å². The van der Waals surface area contributed by atoms with Crippen molar-refractivity contribution in [2.24, 2.45) is 23.7 Å². The highest BCUT2D eigenvalue weighted by Gasteiger charge is 2.41. The Bertz CT molecular complexity index is 350. The maximum absolute atomic E-state index is 12.2. The highest BCUT2D eigenvalue weighted by atomic mass is 16.4. The molecule has 0 heterocycles. The van der Waals surface area contributed by atoms with Crippen LogP contribution in [0.25, 0.3) is 0 Å². The van der Waals surface area contributed by atoms with Gasteiger partial charge in [0.15, 0.2) is 0 Å². The van der Waals surface area contributed by atoms with E-state index in [1.54, 1.807) is 0 Å². The molecule has 4 heteroatoms. The monoisotopic (exact) mass is 281 g/mol. The third-order valence-electron chi connectivity index (χ3n) is 5.22.